The molecule has 2 aliphatic heterocycles. The van der Waals surface area contributed by atoms with Gasteiger partial charge in [0.2, 0.25) is 11.8 Å². The van der Waals surface area contributed by atoms with Gasteiger partial charge in [0.1, 0.15) is 54.3 Å². The van der Waals surface area contributed by atoms with E-state index in [1.807, 2.05) is 61.2 Å². The van der Waals surface area contributed by atoms with Gasteiger partial charge in [-0.1, -0.05) is 49.7 Å². The topological polar surface area (TPSA) is 300 Å². The van der Waals surface area contributed by atoms with Gasteiger partial charge in [-0.25, -0.2) is 14.8 Å². The van der Waals surface area contributed by atoms with E-state index >= 15 is 0 Å². The van der Waals surface area contributed by atoms with Crippen molar-refractivity contribution in [3.8, 4) is 17.2 Å². The van der Waals surface area contributed by atoms with Gasteiger partial charge in [-0.3, -0.25) is 19.2 Å². The van der Waals surface area contributed by atoms with E-state index in [4.69, 9.17) is 44.6 Å². The largest absolute Gasteiger partial charge is 0.492 e. The lowest BCUT2D eigenvalue weighted by molar-refractivity contribution is -0.122. The predicted octanol–water partition coefficient (Wildman–Crippen LogP) is 4.32. The first-order valence-electron chi connectivity index (χ1n) is 26.5. The summed E-state index contributed by atoms with van der Waals surface area (Å²) in [4.78, 5) is 73.5. The minimum atomic E-state index is -0.666. The highest BCUT2D eigenvalue weighted by Crippen LogP contribution is 2.36. The number of aryl methyl sites for hydroxylation is 1. The summed E-state index contributed by atoms with van der Waals surface area (Å²) in [7, 11) is 0. The summed E-state index contributed by atoms with van der Waals surface area (Å²) in [5, 5.41) is 20.3. The smallest absolute Gasteiger partial charge is 0.315 e. The van der Waals surface area contributed by atoms with Gasteiger partial charge in [0, 0.05) is 84.2 Å². The van der Waals surface area contributed by atoms with Crippen LogP contribution in [0.4, 0.5) is 16.3 Å². The summed E-state index contributed by atoms with van der Waals surface area (Å²) in [6, 6.07) is 21.6. The summed E-state index contributed by atoms with van der Waals surface area (Å²) in [5.74, 6) is 0.795. The lowest BCUT2D eigenvalue weighted by atomic mass is 9.99. The fourth-order valence-electron chi connectivity index (χ4n) is 8.87. The van der Waals surface area contributed by atoms with Gasteiger partial charge in [-0.05, 0) is 42.3 Å². The van der Waals surface area contributed by atoms with E-state index in [-0.39, 0.29) is 98.8 Å². The van der Waals surface area contributed by atoms with Crippen molar-refractivity contribution in [2.45, 2.75) is 62.8 Å². The third-order valence-corrected chi connectivity index (χ3v) is 14.1. The average molecular weight is 1100 g/mol. The summed E-state index contributed by atoms with van der Waals surface area (Å²) in [6.45, 7) is 6.37. The zero-order chi connectivity index (χ0) is 54.9. The van der Waals surface area contributed by atoms with Crippen LogP contribution in [0.1, 0.15) is 65.6 Å². The maximum atomic E-state index is 14.1. The Labute approximate surface area is 457 Å². The Morgan fingerprint density at radius 1 is 0.641 bits per heavy atom. The Kier molecular flexibility index (Phi) is 23.8. The molecule has 22 nitrogen and oxygen atoms in total. The number of benzene rings is 3. The van der Waals surface area contributed by atoms with Crippen molar-refractivity contribution in [1.82, 2.24) is 31.2 Å². The van der Waals surface area contributed by atoms with Crippen molar-refractivity contribution in [2.24, 2.45) is 11.5 Å². The molecule has 10 N–H and O–H groups in total. The number of carbonyl (C=O) groups is 5. The normalized spacial score (nSPS) is 15.6. The Bertz CT molecular complexity index is 2790. The molecule has 0 saturated carbocycles. The predicted molar refractivity (Wildman–Crippen MR) is 298 cm³/mol. The molecule has 6 amide bonds. The molecule has 5 aromatic rings. The maximum absolute atomic E-state index is 14.1. The molecule has 420 valence electrons. The van der Waals surface area contributed by atoms with Crippen molar-refractivity contribution in [3.63, 3.8) is 0 Å². The summed E-state index contributed by atoms with van der Waals surface area (Å²) < 4.78 is 40.1. The second kappa shape index (κ2) is 31.5. The molecule has 2 fully saturated rings. The zero-order valence-electron chi connectivity index (χ0n) is 44.1. The third kappa shape index (κ3) is 17.8. The van der Waals surface area contributed by atoms with Gasteiger partial charge in [-0.15, -0.1) is 0 Å². The number of fused-ring (bicyclic) bond motifs is 3. The number of anilines is 2. The molecule has 0 bridgehead atoms. The van der Waals surface area contributed by atoms with E-state index in [2.05, 4.69) is 41.9 Å². The molecule has 2 aromatic heterocycles. The highest BCUT2D eigenvalue weighted by Gasteiger charge is 2.42. The highest BCUT2D eigenvalue weighted by atomic mass is 32.2. The number of amides is 6. The fourth-order valence-corrected chi connectivity index (χ4v) is 10.4. The fraction of sp³-hybridized carbons (Fsp3) is 0.473. The summed E-state index contributed by atoms with van der Waals surface area (Å²) in [6.07, 6.45) is 3.89. The zero-order valence-corrected chi connectivity index (χ0v) is 44.9. The number of urea groups is 1. The first-order chi connectivity index (χ1) is 38.1. The van der Waals surface area contributed by atoms with Crippen molar-refractivity contribution in [2.75, 3.05) is 115 Å². The Morgan fingerprint density at radius 2 is 1.24 bits per heavy atom. The number of nitrogens with one attached hydrogen (secondary N) is 6. The molecule has 78 heavy (non-hydrogen) atoms. The number of thioether (sulfide) groups is 1. The van der Waals surface area contributed by atoms with E-state index < -0.39 is 11.8 Å². The Morgan fingerprint density at radius 3 is 1.94 bits per heavy atom. The molecule has 7 rings (SSSR count). The van der Waals surface area contributed by atoms with Crippen LogP contribution < -0.4 is 57.6 Å². The molecular formula is C55H72N10O12S. The number of para-hydroxylation sites is 1. The standard InChI is InChI=1S/C55H72N10O12S/c1-2-37-38-9-3-4-10-39(38)46(76-21-16-56)33-42(37)62-53(68)43-31-36(32-44(60-43)54(69)64-49-34-47(77-22-17-57)40-11-5-6-12-41(40)61-49)75-24-19-59-51(67)15-20-71-25-27-73-29-30-74-28-26-72-23-18-58-50(66)14-8-7-13-48-52-45(35-78-48)63-55(70)65-52/h3-6,9-12,31-34,45,48,52H,2,7-8,13-30,35,56-57H2,1H3,(H,58,66)(H,59,67)(H,62,68)(H,61,64,69)(H2,63,65,70)/t45-,48?,52-/m0/s1. The first-order valence-corrected chi connectivity index (χ1v) is 27.6. The van der Waals surface area contributed by atoms with Crippen LogP contribution in [-0.2, 0) is 35.0 Å². The quantitative estimate of drug-likeness (QED) is 0.0207. The van der Waals surface area contributed by atoms with Gasteiger partial charge in [0.05, 0.1) is 77.0 Å². The lowest BCUT2D eigenvalue weighted by Crippen LogP contribution is -2.36. The molecule has 3 aromatic carbocycles. The Balaban J connectivity index is 0.798. The van der Waals surface area contributed by atoms with Gasteiger partial charge >= 0.3 is 6.03 Å². The highest BCUT2D eigenvalue weighted by molar-refractivity contribution is 8.00. The molecule has 3 atom stereocenters. The molecular weight excluding hydrogens is 1020 g/mol. The van der Waals surface area contributed by atoms with E-state index in [9.17, 15) is 24.0 Å². The summed E-state index contributed by atoms with van der Waals surface area (Å²) in [5.41, 5.74) is 13.2. The van der Waals surface area contributed by atoms with Gasteiger partial charge in [0.25, 0.3) is 11.8 Å². The molecule has 0 radical (unpaired) electrons. The number of ether oxygens (including phenoxy) is 7. The van der Waals surface area contributed by atoms with Gasteiger partial charge < -0.3 is 76.5 Å². The van der Waals surface area contributed by atoms with Crippen LogP contribution in [0.15, 0.2) is 72.8 Å². The van der Waals surface area contributed by atoms with E-state index in [1.54, 1.807) is 18.2 Å². The lowest BCUT2D eigenvalue weighted by Gasteiger charge is -2.17. The number of aromatic nitrogens is 2. The molecule has 0 aliphatic carbocycles. The maximum Gasteiger partial charge on any atom is 0.315 e. The van der Waals surface area contributed by atoms with Crippen LogP contribution in [0.25, 0.3) is 21.7 Å². The van der Waals surface area contributed by atoms with Crippen molar-refractivity contribution < 1.29 is 57.1 Å². The van der Waals surface area contributed by atoms with E-state index in [0.29, 0.717) is 100 Å². The Hall–Kier alpha value is -6.86. The van der Waals surface area contributed by atoms with Crippen LogP contribution in [-0.4, -0.2) is 162 Å². The molecule has 1 unspecified atom stereocenters. The van der Waals surface area contributed by atoms with E-state index in [0.717, 1.165) is 46.7 Å². The minimum absolute atomic E-state index is 0.00429. The number of hydrogen-bond acceptors (Lipinski definition) is 17. The second-order valence-electron chi connectivity index (χ2n) is 18.2. The molecule has 4 heterocycles. The van der Waals surface area contributed by atoms with Crippen LogP contribution in [0, 0.1) is 0 Å². The van der Waals surface area contributed by atoms with Crippen molar-refractivity contribution in [1.29, 1.82) is 0 Å². The van der Waals surface area contributed by atoms with E-state index in [1.165, 1.54) is 12.1 Å². The van der Waals surface area contributed by atoms with Crippen molar-refractivity contribution in [3.05, 3.63) is 89.7 Å². The first kappa shape index (κ1) is 58.8. The molecule has 0 spiro atoms. The van der Waals surface area contributed by atoms with Gasteiger partial charge in [0.15, 0.2) is 0 Å². The number of nitrogens with zero attached hydrogens (tertiary/aromatic N) is 2. The number of pyridine rings is 2. The minimum Gasteiger partial charge on any atom is -0.492 e. The van der Waals surface area contributed by atoms with Gasteiger partial charge in [-0.2, -0.15) is 11.8 Å². The molecule has 2 saturated heterocycles. The molecule has 2 aliphatic rings. The molecule has 23 heteroatoms. The summed E-state index contributed by atoms with van der Waals surface area (Å²) >= 11 is 1.88. The number of unbranched alkanes of at least 4 members (excludes halogenated alkanes) is 1. The second-order valence-corrected chi connectivity index (χ2v) is 19.5. The SMILES string of the molecule is CCc1c(NC(=O)c2cc(OCCNC(=O)CCOCCOCCOCCOCCNC(=O)CCCCC3SC[C@@H]4NC(=O)N[C@H]34)cc(C(=O)Nc3cc(OCCN)c4ccccc4n3)n2)cc(OCCN)c2ccccc12. The number of nitrogens with two attached hydrogens (primary N) is 2. The average Bonchev–Trinajstić information content (AvgIpc) is 4.01. The number of hydrogen-bond donors (Lipinski definition) is 8. The number of rotatable bonds is 35. The third-order valence-electron chi connectivity index (χ3n) is 12.6. The van der Waals surface area contributed by atoms with Crippen LogP contribution in [0.5, 0.6) is 17.2 Å². The van der Waals surface area contributed by atoms with Crippen LogP contribution >= 0.6 is 11.8 Å². The monoisotopic (exact) mass is 1100 g/mol. The van der Waals surface area contributed by atoms with Crippen LogP contribution in [0.2, 0.25) is 0 Å². The van der Waals surface area contributed by atoms with Crippen LogP contribution in [0.3, 0.4) is 0 Å². The van der Waals surface area contributed by atoms with Crippen molar-refractivity contribution >= 4 is 74.6 Å². The number of carbonyl (C=O) groups excluding carboxylic acids is 5.